The summed E-state index contributed by atoms with van der Waals surface area (Å²) in [7, 11) is 0. The van der Waals surface area contributed by atoms with Crippen LogP contribution in [0.5, 0.6) is 0 Å². The second-order valence-electron chi connectivity index (χ2n) is 2.96. The van der Waals surface area contributed by atoms with Gasteiger partial charge in [0.05, 0.1) is 0 Å². The molecule has 0 heterocycles. The van der Waals surface area contributed by atoms with Crippen LogP contribution in [-0.4, -0.2) is 5.75 Å². The van der Waals surface area contributed by atoms with E-state index in [0.717, 1.165) is 17.7 Å². The molecule has 0 spiro atoms. The van der Waals surface area contributed by atoms with Gasteiger partial charge in [0.1, 0.15) is 5.40 Å². The summed E-state index contributed by atoms with van der Waals surface area (Å²) in [6, 6.07) is 10.1. The Morgan fingerprint density at radius 3 is 2.73 bits per heavy atom. The summed E-state index contributed by atoms with van der Waals surface area (Å²) in [6.45, 7) is 3.80. The maximum atomic E-state index is 8.38. The van der Waals surface area contributed by atoms with E-state index in [2.05, 4.69) is 30.2 Å². The molecular formula is C13H13NS. The van der Waals surface area contributed by atoms with Crippen molar-refractivity contribution in [2.45, 2.75) is 6.42 Å². The van der Waals surface area contributed by atoms with Crippen molar-refractivity contribution >= 4 is 17.3 Å². The summed E-state index contributed by atoms with van der Waals surface area (Å²) in [5, 5.41) is 10.4. The minimum absolute atomic E-state index is 0.834. The number of thioether (sulfide) groups is 1. The Balaban J connectivity index is 2.64. The molecule has 0 unspecified atom stereocenters. The highest BCUT2D eigenvalue weighted by molar-refractivity contribution is 8.03. The number of benzene rings is 1. The molecule has 1 aromatic rings. The van der Waals surface area contributed by atoms with E-state index in [9.17, 15) is 0 Å². The summed E-state index contributed by atoms with van der Waals surface area (Å²) < 4.78 is 0. The van der Waals surface area contributed by atoms with E-state index >= 15 is 0 Å². The van der Waals surface area contributed by atoms with Crippen molar-refractivity contribution in [1.29, 1.82) is 5.26 Å². The molecule has 0 aliphatic carbocycles. The minimum atomic E-state index is 0.834. The molecule has 0 N–H and O–H groups in total. The lowest BCUT2D eigenvalue weighted by molar-refractivity contribution is 1.25. The van der Waals surface area contributed by atoms with Gasteiger partial charge in [-0.05, 0) is 29.3 Å². The molecule has 1 nitrogen and oxygen atoms in total. The quantitative estimate of drug-likeness (QED) is 0.423. The minimum Gasteiger partial charge on any atom is -0.185 e. The molecular weight excluding hydrogens is 202 g/mol. The molecule has 2 heteroatoms. The second-order valence-corrected chi connectivity index (χ2v) is 3.84. The van der Waals surface area contributed by atoms with Crippen molar-refractivity contribution in [3.05, 3.63) is 54.6 Å². The van der Waals surface area contributed by atoms with Crippen molar-refractivity contribution in [2.24, 2.45) is 0 Å². The summed E-state index contributed by atoms with van der Waals surface area (Å²) in [5.74, 6) is 0.834. The average molecular weight is 215 g/mol. The van der Waals surface area contributed by atoms with Crippen LogP contribution in [0.1, 0.15) is 12.0 Å². The zero-order valence-corrected chi connectivity index (χ0v) is 9.33. The molecule has 0 aliphatic rings. The molecule has 0 saturated heterocycles. The smallest absolute Gasteiger partial charge is 0.133 e. The Labute approximate surface area is 95.1 Å². The van der Waals surface area contributed by atoms with E-state index < -0.39 is 0 Å². The molecule has 0 amide bonds. The third-order valence-electron chi connectivity index (χ3n) is 1.98. The SMILES string of the molecule is C=C/C(=C\CCSC#N)c1ccccc1. The van der Waals surface area contributed by atoms with E-state index in [1.807, 2.05) is 24.3 Å². The number of thiocyanates is 1. The lowest BCUT2D eigenvalue weighted by Crippen LogP contribution is -1.81. The highest BCUT2D eigenvalue weighted by atomic mass is 32.2. The number of hydrogen-bond acceptors (Lipinski definition) is 2. The maximum absolute atomic E-state index is 8.38. The third kappa shape index (κ3) is 4.05. The van der Waals surface area contributed by atoms with Crippen LogP contribution in [0.25, 0.3) is 5.57 Å². The van der Waals surface area contributed by atoms with Crippen molar-refractivity contribution in [3.63, 3.8) is 0 Å². The Morgan fingerprint density at radius 1 is 1.40 bits per heavy atom. The van der Waals surface area contributed by atoms with Gasteiger partial charge in [-0.25, -0.2) is 0 Å². The molecule has 0 bridgehead atoms. The van der Waals surface area contributed by atoms with Crippen LogP contribution in [0.3, 0.4) is 0 Å². The van der Waals surface area contributed by atoms with E-state index in [4.69, 9.17) is 5.26 Å². The average Bonchev–Trinajstić information content (AvgIpc) is 2.30. The summed E-state index contributed by atoms with van der Waals surface area (Å²) in [5.41, 5.74) is 2.31. The number of hydrogen-bond donors (Lipinski definition) is 0. The van der Waals surface area contributed by atoms with Gasteiger partial charge in [0, 0.05) is 5.75 Å². The number of allylic oxidation sites excluding steroid dienone is 3. The fourth-order valence-corrected chi connectivity index (χ4v) is 1.60. The second kappa shape index (κ2) is 6.92. The predicted molar refractivity (Wildman–Crippen MR) is 67.3 cm³/mol. The van der Waals surface area contributed by atoms with Crippen molar-refractivity contribution in [2.75, 3.05) is 5.75 Å². The van der Waals surface area contributed by atoms with Crippen LogP contribution >= 0.6 is 11.8 Å². The first-order valence-corrected chi connectivity index (χ1v) is 5.76. The standard InChI is InChI=1S/C13H13NS/c1-2-12(9-6-10-15-11-14)13-7-4-3-5-8-13/h2-5,7-9H,1,6,10H2/b12-9+. The Bertz CT molecular complexity index is 373. The van der Waals surface area contributed by atoms with Crippen LogP contribution < -0.4 is 0 Å². The van der Waals surface area contributed by atoms with Gasteiger partial charge >= 0.3 is 0 Å². The van der Waals surface area contributed by atoms with Gasteiger partial charge in [-0.2, -0.15) is 5.26 Å². The lowest BCUT2D eigenvalue weighted by atomic mass is 10.1. The van der Waals surface area contributed by atoms with Gasteiger partial charge < -0.3 is 0 Å². The Hall–Kier alpha value is -1.46. The molecule has 76 valence electrons. The van der Waals surface area contributed by atoms with Crippen LogP contribution in [0.2, 0.25) is 0 Å². The Kier molecular flexibility index (Phi) is 5.35. The van der Waals surface area contributed by atoms with Crippen molar-refractivity contribution in [1.82, 2.24) is 0 Å². The summed E-state index contributed by atoms with van der Waals surface area (Å²) in [6.07, 6.45) is 4.87. The monoisotopic (exact) mass is 215 g/mol. The van der Waals surface area contributed by atoms with E-state index in [1.165, 1.54) is 17.3 Å². The molecule has 0 fully saturated rings. The van der Waals surface area contributed by atoms with Gasteiger partial charge in [-0.3, -0.25) is 0 Å². The molecule has 0 aliphatic heterocycles. The van der Waals surface area contributed by atoms with Gasteiger partial charge in [0.25, 0.3) is 0 Å². The maximum Gasteiger partial charge on any atom is 0.133 e. The van der Waals surface area contributed by atoms with Gasteiger partial charge in [0.2, 0.25) is 0 Å². The van der Waals surface area contributed by atoms with Crippen LogP contribution in [0.4, 0.5) is 0 Å². The van der Waals surface area contributed by atoms with E-state index in [1.54, 1.807) is 0 Å². The first-order valence-electron chi connectivity index (χ1n) is 4.77. The molecule has 0 aromatic heterocycles. The molecule has 0 radical (unpaired) electrons. The van der Waals surface area contributed by atoms with Crippen LogP contribution in [-0.2, 0) is 0 Å². The number of rotatable bonds is 5. The molecule has 15 heavy (non-hydrogen) atoms. The normalized spacial score (nSPS) is 10.7. The Morgan fingerprint density at radius 2 is 2.13 bits per heavy atom. The van der Waals surface area contributed by atoms with Crippen molar-refractivity contribution < 1.29 is 0 Å². The first-order chi connectivity index (χ1) is 7.38. The highest BCUT2D eigenvalue weighted by Crippen LogP contribution is 2.16. The fourth-order valence-electron chi connectivity index (χ4n) is 1.27. The van der Waals surface area contributed by atoms with Gasteiger partial charge in [-0.15, -0.1) is 0 Å². The van der Waals surface area contributed by atoms with Crippen LogP contribution in [0, 0.1) is 10.7 Å². The summed E-state index contributed by atoms with van der Waals surface area (Å²) >= 11 is 1.28. The zero-order chi connectivity index (χ0) is 10.9. The third-order valence-corrected chi connectivity index (χ3v) is 2.54. The lowest BCUT2D eigenvalue weighted by Gasteiger charge is -2.01. The van der Waals surface area contributed by atoms with Crippen molar-refractivity contribution in [3.8, 4) is 5.40 Å². The van der Waals surface area contributed by atoms with Gasteiger partial charge in [0.15, 0.2) is 0 Å². The topological polar surface area (TPSA) is 23.8 Å². The zero-order valence-electron chi connectivity index (χ0n) is 8.52. The molecule has 1 aromatic carbocycles. The highest BCUT2D eigenvalue weighted by Gasteiger charge is 1.94. The van der Waals surface area contributed by atoms with Crippen LogP contribution in [0.15, 0.2) is 49.1 Å². The predicted octanol–water partition coefficient (Wildman–Crippen LogP) is 3.86. The molecule has 1 rings (SSSR count). The van der Waals surface area contributed by atoms with E-state index in [-0.39, 0.29) is 0 Å². The fraction of sp³-hybridized carbons (Fsp3) is 0.154. The molecule has 0 saturated carbocycles. The van der Waals surface area contributed by atoms with Gasteiger partial charge in [-0.1, -0.05) is 49.1 Å². The first kappa shape index (κ1) is 11.6. The van der Waals surface area contributed by atoms with E-state index in [0.29, 0.717) is 0 Å². The number of nitrogens with zero attached hydrogens (tertiary/aromatic N) is 1. The largest absolute Gasteiger partial charge is 0.185 e. The molecule has 0 atom stereocenters. The summed E-state index contributed by atoms with van der Waals surface area (Å²) in [4.78, 5) is 0. The number of nitriles is 1.